The van der Waals surface area contributed by atoms with Crippen molar-refractivity contribution in [2.24, 2.45) is 0 Å². The molecular formula is C15H23ClN2. The minimum atomic E-state index is 0.393. The lowest BCUT2D eigenvalue weighted by Gasteiger charge is -2.34. The maximum absolute atomic E-state index is 5.92. The fourth-order valence-electron chi connectivity index (χ4n) is 2.68. The Bertz CT molecular complexity index is 363. The van der Waals surface area contributed by atoms with Crippen molar-refractivity contribution in [1.29, 1.82) is 0 Å². The molecule has 18 heavy (non-hydrogen) atoms. The maximum Gasteiger partial charge on any atom is 0.0406 e. The fraction of sp³-hybridized carbons (Fsp3) is 0.600. The van der Waals surface area contributed by atoms with E-state index in [1.807, 2.05) is 12.1 Å². The van der Waals surface area contributed by atoms with Gasteiger partial charge in [-0.25, -0.2) is 0 Å². The third kappa shape index (κ3) is 3.71. The van der Waals surface area contributed by atoms with Gasteiger partial charge in [0, 0.05) is 23.7 Å². The number of hydrogen-bond donors (Lipinski definition) is 1. The van der Waals surface area contributed by atoms with Gasteiger partial charge < -0.3 is 10.2 Å². The number of hydrogen-bond acceptors (Lipinski definition) is 2. The summed E-state index contributed by atoms with van der Waals surface area (Å²) in [7, 11) is 0. The van der Waals surface area contributed by atoms with Crippen LogP contribution in [0.5, 0.6) is 0 Å². The monoisotopic (exact) mass is 266 g/mol. The van der Waals surface area contributed by atoms with Crippen molar-refractivity contribution in [2.45, 2.75) is 38.8 Å². The van der Waals surface area contributed by atoms with Crippen molar-refractivity contribution in [3.63, 3.8) is 0 Å². The van der Waals surface area contributed by atoms with Gasteiger partial charge >= 0.3 is 0 Å². The van der Waals surface area contributed by atoms with E-state index in [4.69, 9.17) is 11.6 Å². The fourth-order valence-corrected chi connectivity index (χ4v) is 2.81. The first-order chi connectivity index (χ1) is 8.69. The first kappa shape index (κ1) is 13.9. The quantitative estimate of drug-likeness (QED) is 0.898. The Labute approximate surface area is 115 Å². The topological polar surface area (TPSA) is 15.3 Å². The lowest BCUT2D eigenvalue weighted by Crippen LogP contribution is -2.46. The van der Waals surface area contributed by atoms with Crippen molar-refractivity contribution >= 4 is 11.6 Å². The van der Waals surface area contributed by atoms with Crippen molar-refractivity contribution in [1.82, 2.24) is 10.2 Å². The van der Waals surface area contributed by atoms with Gasteiger partial charge in [-0.1, -0.05) is 30.7 Å². The molecule has 0 aromatic heterocycles. The molecule has 0 saturated carbocycles. The van der Waals surface area contributed by atoms with Crippen LogP contribution in [0.4, 0.5) is 0 Å². The molecule has 1 N–H and O–H groups in total. The summed E-state index contributed by atoms with van der Waals surface area (Å²) < 4.78 is 0. The Morgan fingerprint density at radius 1 is 1.39 bits per heavy atom. The van der Waals surface area contributed by atoms with Crippen LogP contribution in [0.3, 0.4) is 0 Å². The highest BCUT2D eigenvalue weighted by molar-refractivity contribution is 6.30. The Hall–Kier alpha value is -0.570. The van der Waals surface area contributed by atoms with Crippen molar-refractivity contribution in [3.05, 3.63) is 34.9 Å². The van der Waals surface area contributed by atoms with Gasteiger partial charge in [-0.15, -0.1) is 0 Å². The molecular weight excluding hydrogens is 244 g/mol. The van der Waals surface area contributed by atoms with Crippen LogP contribution in [-0.2, 0) is 0 Å². The minimum absolute atomic E-state index is 0.393. The highest BCUT2D eigenvalue weighted by Gasteiger charge is 2.20. The van der Waals surface area contributed by atoms with E-state index in [0.29, 0.717) is 12.1 Å². The van der Waals surface area contributed by atoms with Crippen LogP contribution in [-0.4, -0.2) is 30.6 Å². The zero-order valence-electron chi connectivity index (χ0n) is 11.3. The van der Waals surface area contributed by atoms with Crippen molar-refractivity contribution in [3.8, 4) is 0 Å². The van der Waals surface area contributed by atoms with Crippen LogP contribution >= 0.6 is 11.6 Å². The number of likely N-dealkylation sites (tertiary alicyclic amines) is 1. The van der Waals surface area contributed by atoms with E-state index in [-0.39, 0.29) is 0 Å². The van der Waals surface area contributed by atoms with Crippen LogP contribution in [0.2, 0.25) is 5.02 Å². The number of piperidine rings is 1. The highest BCUT2D eigenvalue weighted by Crippen LogP contribution is 2.18. The molecule has 1 aromatic rings. The van der Waals surface area contributed by atoms with E-state index in [1.165, 1.54) is 31.5 Å². The largest absolute Gasteiger partial charge is 0.306 e. The van der Waals surface area contributed by atoms with E-state index in [9.17, 15) is 0 Å². The molecule has 1 saturated heterocycles. The first-order valence-corrected chi connectivity index (χ1v) is 7.30. The number of halogens is 1. The summed E-state index contributed by atoms with van der Waals surface area (Å²) in [5, 5.41) is 4.54. The van der Waals surface area contributed by atoms with Crippen LogP contribution in [0.15, 0.2) is 24.3 Å². The SMILES string of the molecule is CCN1CCCC(NC(C)c2ccc(Cl)cc2)C1. The summed E-state index contributed by atoms with van der Waals surface area (Å²) in [5.74, 6) is 0. The third-order valence-corrected chi connectivity index (χ3v) is 4.06. The predicted molar refractivity (Wildman–Crippen MR) is 78.1 cm³/mol. The van der Waals surface area contributed by atoms with E-state index < -0.39 is 0 Å². The minimum Gasteiger partial charge on any atom is -0.306 e. The molecule has 2 atom stereocenters. The summed E-state index contributed by atoms with van der Waals surface area (Å²) in [6.45, 7) is 8.06. The van der Waals surface area contributed by atoms with Crippen LogP contribution in [0, 0.1) is 0 Å². The molecule has 1 heterocycles. The standard InChI is InChI=1S/C15H23ClN2/c1-3-18-10-4-5-15(11-18)17-12(2)13-6-8-14(16)9-7-13/h6-9,12,15,17H,3-5,10-11H2,1-2H3. The summed E-state index contributed by atoms with van der Waals surface area (Å²) in [4.78, 5) is 2.52. The zero-order valence-corrected chi connectivity index (χ0v) is 12.1. The molecule has 1 fully saturated rings. The molecule has 3 heteroatoms. The zero-order chi connectivity index (χ0) is 13.0. The lowest BCUT2D eigenvalue weighted by molar-refractivity contribution is 0.192. The van der Waals surface area contributed by atoms with Gasteiger partial charge in [0.05, 0.1) is 0 Å². The van der Waals surface area contributed by atoms with Crippen LogP contribution in [0.1, 0.15) is 38.3 Å². The molecule has 2 rings (SSSR count). The van der Waals surface area contributed by atoms with Gasteiger partial charge in [-0.05, 0) is 50.6 Å². The molecule has 0 amide bonds. The summed E-state index contributed by atoms with van der Waals surface area (Å²) in [5.41, 5.74) is 1.31. The van der Waals surface area contributed by atoms with Gasteiger partial charge in [0.15, 0.2) is 0 Å². The van der Waals surface area contributed by atoms with Gasteiger partial charge in [0.1, 0.15) is 0 Å². The van der Waals surface area contributed by atoms with Gasteiger partial charge in [-0.3, -0.25) is 0 Å². The predicted octanol–water partition coefficient (Wildman–Crippen LogP) is 3.47. The van der Waals surface area contributed by atoms with Gasteiger partial charge in [0.25, 0.3) is 0 Å². The molecule has 1 aromatic carbocycles. The molecule has 0 radical (unpaired) electrons. The second-order valence-corrected chi connectivity index (χ2v) is 5.61. The highest BCUT2D eigenvalue weighted by atomic mass is 35.5. The molecule has 1 aliphatic heterocycles. The Morgan fingerprint density at radius 2 is 2.11 bits per heavy atom. The van der Waals surface area contributed by atoms with E-state index in [0.717, 1.165) is 11.6 Å². The average Bonchev–Trinajstić information content (AvgIpc) is 2.39. The Morgan fingerprint density at radius 3 is 2.78 bits per heavy atom. The number of benzene rings is 1. The van der Waals surface area contributed by atoms with E-state index in [2.05, 4.69) is 36.2 Å². The van der Waals surface area contributed by atoms with Crippen LogP contribution < -0.4 is 5.32 Å². The average molecular weight is 267 g/mol. The Balaban J connectivity index is 1.90. The van der Waals surface area contributed by atoms with Gasteiger partial charge in [-0.2, -0.15) is 0 Å². The molecule has 1 aliphatic rings. The first-order valence-electron chi connectivity index (χ1n) is 6.93. The molecule has 0 spiro atoms. The smallest absolute Gasteiger partial charge is 0.0406 e. The normalized spacial score (nSPS) is 22.9. The third-order valence-electron chi connectivity index (χ3n) is 3.81. The molecule has 0 bridgehead atoms. The molecule has 2 unspecified atom stereocenters. The van der Waals surface area contributed by atoms with Crippen molar-refractivity contribution in [2.75, 3.05) is 19.6 Å². The Kier molecular flexibility index (Phi) is 5.04. The van der Waals surface area contributed by atoms with E-state index >= 15 is 0 Å². The molecule has 0 aliphatic carbocycles. The summed E-state index contributed by atoms with van der Waals surface area (Å²) >= 11 is 5.92. The van der Waals surface area contributed by atoms with Gasteiger partial charge in [0.2, 0.25) is 0 Å². The van der Waals surface area contributed by atoms with Crippen LogP contribution in [0.25, 0.3) is 0 Å². The summed E-state index contributed by atoms with van der Waals surface area (Å²) in [6, 6.07) is 9.16. The number of nitrogens with zero attached hydrogens (tertiary/aromatic N) is 1. The maximum atomic E-state index is 5.92. The number of rotatable bonds is 4. The number of likely N-dealkylation sites (N-methyl/N-ethyl adjacent to an activating group) is 1. The lowest BCUT2D eigenvalue weighted by atomic mass is 10.0. The van der Waals surface area contributed by atoms with Crippen molar-refractivity contribution < 1.29 is 0 Å². The number of nitrogens with one attached hydrogen (secondary N) is 1. The molecule has 100 valence electrons. The summed E-state index contributed by atoms with van der Waals surface area (Å²) in [6.07, 6.45) is 2.59. The molecule has 2 nitrogen and oxygen atoms in total. The second kappa shape index (κ2) is 6.55. The van der Waals surface area contributed by atoms with E-state index in [1.54, 1.807) is 0 Å². The second-order valence-electron chi connectivity index (χ2n) is 5.17.